The molecule has 2 N–H and O–H groups in total. The first kappa shape index (κ1) is 17.2. The fourth-order valence-corrected chi connectivity index (χ4v) is 2.87. The molecule has 1 aromatic carbocycles. The third kappa shape index (κ3) is 5.25. The van der Waals surface area contributed by atoms with Crippen LogP contribution in [0.15, 0.2) is 28.7 Å². The SMILES string of the molecule is CCCC(C)NC(=O)C(C)N[C@H](C)c1ccccc1Br. The second-order valence-corrected chi connectivity index (χ2v) is 6.18. The second kappa shape index (κ2) is 8.42. The van der Waals surface area contributed by atoms with Gasteiger partial charge >= 0.3 is 0 Å². The fraction of sp³-hybridized carbons (Fsp3) is 0.562. The summed E-state index contributed by atoms with van der Waals surface area (Å²) in [6, 6.07) is 8.21. The summed E-state index contributed by atoms with van der Waals surface area (Å²) in [5, 5.41) is 6.38. The molecule has 0 heterocycles. The van der Waals surface area contributed by atoms with Crippen LogP contribution < -0.4 is 10.6 Å². The molecule has 0 aliphatic carbocycles. The van der Waals surface area contributed by atoms with Crippen molar-refractivity contribution in [3.05, 3.63) is 34.3 Å². The van der Waals surface area contributed by atoms with E-state index in [4.69, 9.17) is 0 Å². The molecule has 0 aliphatic rings. The molecule has 20 heavy (non-hydrogen) atoms. The van der Waals surface area contributed by atoms with Gasteiger partial charge in [-0.2, -0.15) is 0 Å². The molecule has 112 valence electrons. The fourth-order valence-electron chi connectivity index (χ4n) is 2.24. The third-order valence-electron chi connectivity index (χ3n) is 3.38. The minimum absolute atomic E-state index is 0.0600. The molecular weight excluding hydrogens is 316 g/mol. The van der Waals surface area contributed by atoms with Crippen molar-refractivity contribution in [3.63, 3.8) is 0 Å². The predicted molar refractivity (Wildman–Crippen MR) is 87.7 cm³/mol. The van der Waals surface area contributed by atoms with E-state index in [0.29, 0.717) is 0 Å². The number of carbonyl (C=O) groups excluding carboxylic acids is 1. The van der Waals surface area contributed by atoms with Gasteiger partial charge in [0.1, 0.15) is 0 Å². The molecule has 4 heteroatoms. The van der Waals surface area contributed by atoms with Gasteiger partial charge in [-0.3, -0.25) is 10.1 Å². The summed E-state index contributed by atoms with van der Waals surface area (Å²) < 4.78 is 1.06. The Balaban J connectivity index is 2.55. The van der Waals surface area contributed by atoms with Crippen LogP contribution in [0.4, 0.5) is 0 Å². The maximum Gasteiger partial charge on any atom is 0.237 e. The lowest BCUT2D eigenvalue weighted by molar-refractivity contribution is -0.123. The number of benzene rings is 1. The Morgan fingerprint density at radius 2 is 1.90 bits per heavy atom. The first-order chi connectivity index (χ1) is 9.45. The molecule has 0 radical (unpaired) electrons. The van der Waals surface area contributed by atoms with Gasteiger partial charge < -0.3 is 5.32 Å². The largest absolute Gasteiger partial charge is 0.352 e. The Morgan fingerprint density at radius 1 is 1.25 bits per heavy atom. The van der Waals surface area contributed by atoms with Crippen molar-refractivity contribution in [2.75, 3.05) is 0 Å². The Hall–Kier alpha value is -0.870. The second-order valence-electron chi connectivity index (χ2n) is 5.33. The first-order valence-electron chi connectivity index (χ1n) is 7.26. The van der Waals surface area contributed by atoms with Crippen LogP contribution in [0, 0.1) is 0 Å². The quantitative estimate of drug-likeness (QED) is 0.792. The first-order valence-corrected chi connectivity index (χ1v) is 8.05. The maximum absolute atomic E-state index is 12.1. The third-order valence-corrected chi connectivity index (χ3v) is 4.10. The van der Waals surface area contributed by atoms with Crippen molar-refractivity contribution in [1.29, 1.82) is 0 Å². The molecule has 0 aliphatic heterocycles. The molecule has 0 bridgehead atoms. The Kier molecular flexibility index (Phi) is 7.24. The molecule has 0 fully saturated rings. The smallest absolute Gasteiger partial charge is 0.237 e. The summed E-state index contributed by atoms with van der Waals surface area (Å²) in [4.78, 5) is 12.1. The number of nitrogens with one attached hydrogen (secondary N) is 2. The van der Waals surface area contributed by atoms with Crippen LogP contribution in [0.1, 0.15) is 52.1 Å². The lowest BCUT2D eigenvalue weighted by atomic mass is 10.1. The highest BCUT2D eigenvalue weighted by molar-refractivity contribution is 9.10. The van der Waals surface area contributed by atoms with Crippen LogP contribution in [0.25, 0.3) is 0 Å². The average Bonchev–Trinajstić information content (AvgIpc) is 2.39. The summed E-state index contributed by atoms with van der Waals surface area (Å²) in [6.45, 7) is 8.14. The van der Waals surface area contributed by atoms with E-state index >= 15 is 0 Å². The summed E-state index contributed by atoms with van der Waals surface area (Å²) in [7, 11) is 0. The standard InChI is InChI=1S/C16H25BrN2O/c1-5-8-11(2)18-16(20)13(4)19-12(3)14-9-6-7-10-15(14)17/h6-7,9-13,19H,5,8H2,1-4H3,(H,18,20)/t11?,12-,13?/m1/s1. The van der Waals surface area contributed by atoms with Crippen LogP contribution in [0.2, 0.25) is 0 Å². The van der Waals surface area contributed by atoms with Crippen molar-refractivity contribution in [3.8, 4) is 0 Å². The number of hydrogen-bond donors (Lipinski definition) is 2. The van der Waals surface area contributed by atoms with E-state index in [2.05, 4.69) is 46.5 Å². The van der Waals surface area contributed by atoms with E-state index in [1.165, 1.54) is 0 Å². The monoisotopic (exact) mass is 340 g/mol. The molecule has 1 amide bonds. The maximum atomic E-state index is 12.1. The predicted octanol–water partition coefficient (Wildman–Crippen LogP) is 3.79. The topological polar surface area (TPSA) is 41.1 Å². The van der Waals surface area contributed by atoms with Crippen LogP contribution in [0.5, 0.6) is 0 Å². The number of halogens is 1. The summed E-state index contributed by atoms with van der Waals surface area (Å²) in [5.41, 5.74) is 1.16. The molecule has 0 saturated carbocycles. The highest BCUT2D eigenvalue weighted by atomic mass is 79.9. The lowest BCUT2D eigenvalue weighted by Crippen LogP contribution is -2.46. The van der Waals surface area contributed by atoms with Gasteiger partial charge in [-0.1, -0.05) is 47.5 Å². The van der Waals surface area contributed by atoms with Gasteiger partial charge in [0.05, 0.1) is 6.04 Å². The average molecular weight is 341 g/mol. The number of rotatable bonds is 7. The van der Waals surface area contributed by atoms with Gasteiger partial charge in [0.15, 0.2) is 0 Å². The van der Waals surface area contributed by atoms with E-state index in [1.54, 1.807) is 0 Å². The van der Waals surface area contributed by atoms with Gasteiger partial charge in [-0.25, -0.2) is 0 Å². The Bertz CT molecular complexity index is 436. The molecular formula is C16H25BrN2O. The molecule has 3 nitrogen and oxygen atoms in total. The Labute approximate surface area is 130 Å². The Morgan fingerprint density at radius 3 is 2.50 bits per heavy atom. The number of amides is 1. The molecule has 3 atom stereocenters. The number of carbonyl (C=O) groups is 1. The molecule has 0 saturated heterocycles. The van der Waals surface area contributed by atoms with Crippen molar-refractivity contribution in [2.24, 2.45) is 0 Å². The van der Waals surface area contributed by atoms with Crippen molar-refractivity contribution >= 4 is 21.8 Å². The molecule has 1 aromatic rings. The highest BCUT2D eigenvalue weighted by Crippen LogP contribution is 2.22. The van der Waals surface area contributed by atoms with Gasteiger partial charge in [-0.15, -0.1) is 0 Å². The number of hydrogen-bond acceptors (Lipinski definition) is 2. The van der Waals surface area contributed by atoms with Gasteiger partial charge in [-0.05, 0) is 38.8 Å². The molecule has 1 rings (SSSR count). The van der Waals surface area contributed by atoms with Crippen molar-refractivity contribution < 1.29 is 4.79 Å². The van der Waals surface area contributed by atoms with E-state index in [0.717, 1.165) is 22.9 Å². The van der Waals surface area contributed by atoms with E-state index in [-0.39, 0.29) is 24.0 Å². The summed E-state index contributed by atoms with van der Waals surface area (Å²) in [5.74, 6) is 0.0600. The van der Waals surface area contributed by atoms with Gasteiger partial charge in [0, 0.05) is 16.6 Å². The molecule has 2 unspecified atom stereocenters. The zero-order valence-electron chi connectivity index (χ0n) is 12.7. The minimum atomic E-state index is -0.212. The summed E-state index contributed by atoms with van der Waals surface area (Å²) in [6.07, 6.45) is 2.09. The minimum Gasteiger partial charge on any atom is -0.352 e. The normalized spacial score (nSPS) is 15.4. The zero-order valence-corrected chi connectivity index (χ0v) is 14.3. The summed E-state index contributed by atoms with van der Waals surface area (Å²) >= 11 is 3.54. The van der Waals surface area contributed by atoms with Crippen molar-refractivity contribution in [2.45, 2.75) is 58.7 Å². The molecule has 0 spiro atoms. The van der Waals surface area contributed by atoms with Crippen LogP contribution in [0.3, 0.4) is 0 Å². The highest BCUT2D eigenvalue weighted by Gasteiger charge is 2.18. The van der Waals surface area contributed by atoms with Crippen LogP contribution in [-0.2, 0) is 4.79 Å². The van der Waals surface area contributed by atoms with Crippen LogP contribution in [-0.4, -0.2) is 18.0 Å². The van der Waals surface area contributed by atoms with E-state index in [9.17, 15) is 4.79 Å². The molecule has 0 aromatic heterocycles. The van der Waals surface area contributed by atoms with Gasteiger partial charge in [0.25, 0.3) is 0 Å². The van der Waals surface area contributed by atoms with Gasteiger partial charge in [0.2, 0.25) is 5.91 Å². The van der Waals surface area contributed by atoms with E-state index < -0.39 is 0 Å². The van der Waals surface area contributed by atoms with E-state index in [1.807, 2.05) is 32.0 Å². The zero-order chi connectivity index (χ0) is 15.1. The lowest BCUT2D eigenvalue weighted by Gasteiger charge is -2.22. The van der Waals surface area contributed by atoms with Crippen molar-refractivity contribution in [1.82, 2.24) is 10.6 Å². The van der Waals surface area contributed by atoms with Crippen LogP contribution >= 0.6 is 15.9 Å².